The zero-order valence-corrected chi connectivity index (χ0v) is 13.1. The number of thiophene rings is 1. The Kier molecular flexibility index (Phi) is 3.79. The van der Waals surface area contributed by atoms with E-state index in [4.69, 9.17) is 18.9 Å². The van der Waals surface area contributed by atoms with Crippen molar-refractivity contribution >= 4 is 11.3 Å². The van der Waals surface area contributed by atoms with Gasteiger partial charge in [0, 0.05) is 12.8 Å². The molecular weight excluding hydrogens is 288 g/mol. The first kappa shape index (κ1) is 14.2. The lowest BCUT2D eigenvalue weighted by atomic mass is 9.94. The molecule has 5 heteroatoms. The van der Waals surface area contributed by atoms with Gasteiger partial charge in [0.15, 0.2) is 12.1 Å². The minimum atomic E-state index is -0.405. The summed E-state index contributed by atoms with van der Waals surface area (Å²) in [5.41, 5.74) is 1.21. The normalized spacial score (nSPS) is 38.0. The fourth-order valence-corrected chi connectivity index (χ4v) is 4.27. The van der Waals surface area contributed by atoms with Gasteiger partial charge in [-0.1, -0.05) is 6.42 Å². The van der Waals surface area contributed by atoms with Crippen molar-refractivity contribution in [2.75, 3.05) is 0 Å². The summed E-state index contributed by atoms with van der Waals surface area (Å²) in [5.74, 6) is -0.405. The number of hydrogen-bond acceptors (Lipinski definition) is 5. The summed E-state index contributed by atoms with van der Waals surface area (Å²) in [6.45, 7) is 2.65. The summed E-state index contributed by atoms with van der Waals surface area (Å²) in [4.78, 5) is 0. The predicted molar refractivity (Wildman–Crippen MR) is 79.0 cm³/mol. The molecule has 1 aromatic rings. The Hall–Kier alpha value is -0.460. The lowest BCUT2D eigenvalue weighted by Crippen LogP contribution is -2.39. The molecule has 1 aliphatic carbocycles. The molecule has 0 radical (unpaired) electrons. The van der Waals surface area contributed by atoms with Crippen LogP contribution in [0.15, 0.2) is 16.8 Å². The monoisotopic (exact) mass is 310 g/mol. The van der Waals surface area contributed by atoms with E-state index in [0.29, 0.717) is 6.61 Å². The van der Waals surface area contributed by atoms with Crippen molar-refractivity contribution in [2.24, 2.45) is 0 Å². The largest absolute Gasteiger partial charge is 0.368 e. The molecule has 3 fully saturated rings. The van der Waals surface area contributed by atoms with Crippen LogP contribution in [0.5, 0.6) is 0 Å². The SMILES string of the molecule is C[C@H]1O[C@@H]2OC3(CCCCC3)O[C@@H]2[C@H]1OCc1ccsc1. The van der Waals surface area contributed by atoms with Crippen LogP contribution in [0.25, 0.3) is 0 Å². The van der Waals surface area contributed by atoms with E-state index in [0.717, 1.165) is 12.8 Å². The average molecular weight is 310 g/mol. The molecule has 0 unspecified atom stereocenters. The maximum Gasteiger partial charge on any atom is 0.190 e. The van der Waals surface area contributed by atoms with Crippen molar-refractivity contribution in [2.45, 2.75) is 76.0 Å². The van der Waals surface area contributed by atoms with Crippen molar-refractivity contribution in [1.82, 2.24) is 0 Å². The molecule has 0 aromatic carbocycles. The molecule has 3 aliphatic rings. The van der Waals surface area contributed by atoms with Crippen LogP contribution in [0.3, 0.4) is 0 Å². The second kappa shape index (κ2) is 5.63. The summed E-state index contributed by atoms with van der Waals surface area (Å²) < 4.78 is 24.4. The maximum absolute atomic E-state index is 6.30. The lowest BCUT2D eigenvalue weighted by Gasteiger charge is -2.33. The van der Waals surface area contributed by atoms with Gasteiger partial charge < -0.3 is 18.9 Å². The second-order valence-electron chi connectivity index (χ2n) is 6.29. The van der Waals surface area contributed by atoms with Gasteiger partial charge in [-0.3, -0.25) is 0 Å². The smallest absolute Gasteiger partial charge is 0.190 e. The quantitative estimate of drug-likeness (QED) is 0.857. The first-order valence-corrected chi connectivity index (χ1v) is 8.84. The fraction of sp³-hybridized carbons (Fsp3) is 0.750. The Balaban J connectivity index is 1.42. The van der Waals surface area contributed by atoms with Crippen molar-refractivity contribution in [3.05, 3.63) is 22.4 Å². The van der Waals surface area contributed by atoms with Gasteiger partial charge in [0.05, 0.1) is 12.7 Å². The molecule has 1 aromatic heterocycles. The van der Waals surface area contributed by atoms with Crippen molar-refractivity contribution in [3.63, 3.8) is 0 Å². The molecule has 1 saturated carbocycles. The van der Waals surface area contributed by atoms with Gasteiger partial charge in [-0.05, 0) is 42.2 Å². The van der Waals surface area contributed by atoms with E-state index in [1.807, 2.05) is 6.92 Å². The Bertz CT molecular complexity index is 469. The van der Waals surface area contributed by atoms with E-state index in [-0.39, 0.29) is 24.6 Å². The van der Waals surface area contributed by atoms with Crippen LogP contribution in [-0.2, 0) is 25.6 Å². The zero-order chi connectivity index (χ0) is 14.3. The van der Waals surface area contributed by atoms with Gasteiger partial charge in [0.25, 0.3) is 0 Å². The van der Waals surface area contributed by atoms with Crippen LogP contribution >= 0.6 is 11.3 Å². The molecule has 116 valence electrons. The van der Waals surface area contributed by atoms with Crippen molar-refractivity contribution in [1.29, 1.82) is 0 Å². The first-order valence-electron chi connectivity index (χ1n) is 7.90. The van der Waals surface area contributed by atoms with E-state index in [1.165, 1.54) is 24.8 Å². The van der Waals surface area contributed by atoms with E-state index in [1.54, 1.807) is 11.3 Å². The summed E-state index contributed by atoms with van der Waals surface area (Å²) in [7, 11) is 0. The van der Waals surface area contributed by atoms with Gasteiger partial charge in [0.1, 0.15) is 12.2 Å². The average Bonchev–Trinajstić information content (AvgIpc) is 3.15. The van der Waals surface area contributed by atoms with Crippen molar-refractivity contribution < 1.29 is 18.9 Å². The van der Waals surface area contributed by atoms with Crippen LogP contribution in [0.2, 0.25) is 0 Å². The third kappa shape index (κ3) is 2.66. The highest BCUT2D eigenvalue weighted by Crippen LogP contribution is 2.45. The van der Waals surface area contributed by atoms with E-state index in [2.05, 4.69) is 16.8 Å². The van der Waals surface area contributed by atoms with Crippen LogP contribution in [0.1, 0.15) is 44.6 Å². The molecule has 4 rings (SSSR count). The highest BCUT2D eigenvalue weighted by molar-refractivity contribution is 7.07. The number of fused-ring (bicyclic) bond motifs is 1. The van der Waals surface area contributed by atoms with E-state index >= 15 is 0 Å². The minimum absolute atomic E-state index is 0.0135. The molecule has 2 aliphatic heterocycles. The Morgan fingerprint density at radius 1 is 1.29 bits per heavy atom. The van der Waals surface area contributed by atoms with E-state index in [9.17, 15) is 0 Å². The molecule has 4 nitrogen and oxygen atoms in total. The van der Waals surface area contributed by atoms with Crippen LogP contribution in [0, 0.1) is 0 Å². The van der Waals surface area contributed by atoms with Gasteiger partial charge in [-0.2, -0.15) is 11.3 Å². The maximum atomic E-state index is 6.30. The van der Waals surface area contributed by atoms with E-state index < -0.39 is 5.79 Å². The van der Waals surface area contributed by atoms with Gasteiger partial charge in [0.2, 0.25) is 0 Å². The fourth-order valence-electron chi connectivity index (χ4n) is 3.62. The standard InChI is InChI=1S/C16H22O4S/c1-11-13(17-9-12-5-8-21-10-12)14-15(18-11)20-16(19-14)6-3-2-4-7-16/h5,8,10-11,13-15H,2-4,6-7,9H2,1H3/t11-,13+,14-,15-/m1/s1. The molecular formula is C16H22O4S. The summed E-state index contributed by atoms with van der Waals surface area (Å²) in [5, 5.41) is 4.19. The minimum Gasteiger partial charge on any atom is -0.368 e. The van der Waals surface area contributed by atoms with Gasteiger partial charge in [-0.25, -0.2) is 0 Å². The molecule has 21 heavy (non-hydrogen) atoms. The third-order valence-corrected chi connectivity index (χ3v) is 5.46. The summed E-state index contributed by atoms with van der Waals surface area (Å²) in [6.07, 6.45) is 5.21. The molecule has 4 atom stereocenters. The molecule has 0 amide bonds. The van der Waals surface area contributed by atoms with Crippen molar-refractivity contribution in [3.8, 4) is 0 Å². The zero-order valence-electron chi connectivity index (χ0n) is 12.3. The van der Waals surface area contributed by atoms with Crippen LogP contribution in [0.4, 0.5) is 0 Å². The molecule has 3 heterocycles. The van der Waals surface area contributed by atoms with Gasteiger partial charge in [-0.15, -0.1) is 0 Å². The molecule has 2 saturated heterocycles. The van der Waals surface area contributed by atoms with Crippen LogP contribution < -0.4 is 0 Å². The molecule has 0 N–H and O–H groups in total. The Morgan fingerprint density at radius 3 is 2.90 bits per heavy atom. The number of hydrogen-bond donors (Lipinski definition) is 0. The first-order chi connectivity index (χ1) is 10.3. The number of ether oxygens (including phenoxy) is 4. The molecule has 0 bridgehead atoms. The third-order valence-electron chi connectivity index (χ3n) is 4.72. The summed E-state index contributed by atoms with van der Waals surface area (Å²) >= 11 is 1.69. The topological polar surface area (TPSA) is 36.9 Å². The number of rotatable bonds is 3. The lowest BCUT2D eigenvalue weighted by molar-refractivity contribution is -0.247. The van der Waals surface area contributed by atoms with Gasteiger partial charge >= 0.3 is 0 Å². The highest BCUT2D eigenvalue weighted by atomic mass is 32.1. The Morgan fingerprint density at radius 2 is 2.14 bits per heavy atom. The summed E-state index contributed by atoms with van der Waals surface area (Å²) in [6, 6.07) is 2.09. The highest BCUT2D eigenvalue weighted by Gasteiger charge is 2.57. The predicted octanol–water partition coefficient (Wildman–Crippen LogP) is 3.45. The molecule has 1 spiro atoms. The Labute approximate surface area is 129 Å². The second-order valence-corrected chi connectivity index (χ2v) is 7.07. The van der Waals surface area contributed by atoms with Crippen LogP contribution in [-0.4, -0.2) is 30.4 Å².